The number of rotatable bonds is 2. The van der Waals surface area contributed by atoms with Crippen LogP contribution in [0.4, 0.5) is 5.82 Å². The third-order valence-corrected chi connectivity index (χ3v) is 9.16. The Morgan fingerprint density at radius 1 is 1.04 bits per heavy atom. The zero-order valence-electron chi connectivity index (χ0n) is 25.4. The second kappa shape index (κ2) is 11.6. The monoisotopic (exact) mass is 605 g/mol. The van der Waals surface area contributed by atoms with Crippen LogP contribution in [0.25, 0.3) is 17.0 Å². The second-order valence-electron chi connectivity index (χ2n) is 12.3. The van der Waals surface area contributed by atoms with E-state index >= 15 is 0 Å². The molecule has 4 aromatic rings. The van der Waals surface area contributed by atoms with Crippen molar-refractivity contribution >= 4 is 40.5 Å². The normalized spacial score (nSPS) is 22.0. The highest BCUT2D eigenvalue weighted by atomic mass is 16.5. The highest BCUT2D eigenvalue weighted by molar-refractivity contribution is 6.06. The Bertz CT molecular complexity index is 1860. The molecule has 1 spiro atoms. The lowest BCUT2D eigenvalue weighted by atomic mass is 9.79. The van der Waals surface area contributed by atoms with Gasteiger partial charge in [-0.15, -0.1) is 0 Å². The van der Waals surface area contributed by atoms with Crippen LogP contribution in [0, 0.1) is 6.92 Å². The first kappa shape index (κ1) is 28.8. The van der Waals surface area contributed by atoms with Gasteiger partial charge < -0.3 is 20.3 Å². The largest absolute Gasteiger partial charge is 0.377 e. The zero-order valence-corrected chi connectivity index (χ0v) is 25.4. The Balaban J connectivity index is 1.21. The van der Waals surface area contributed by atoms with Crippen molar-refractivity contribution in [3.63, 3.8) is 0 Å². The summed E-state index contributed by atoms with van der Waals surface area (Å²) < 4.78 is 5.80. The summed E-state index contributed by atoms with van der Waals surface area (Å²) in [6, 6.07) is 7.04. The molecule has 3 N–H and O–H groups in total. The molecular weight excluding hydrogens is 570 g/mol. The van der Waals surface area contributed by atoms with Crippen LogP contribution >= 0.6 is 0 Å². The molecule has 1 aliphatic carbocycles. The smallest absolute Gasteiger partial charge is 0.253 e. The van der Waals surface area contributed by atoms with Crippen molar-refractivity contribution in [2.75, 3.05) is 32.1 Å². The van der Waals surface area contributed by atoms with Crippen LogP contribution in [0.1, 0.15) is 56.7 Å². The van der Waals surface area contributed by atoms with Gasteiger partial charge in [-0.05, 0) is 66.6 Å². The number of hydrogen-bond donors (Lipinski definition) is 3. The molecule has 2 unspecified atom stereocenters. The van der Waals surface area contributed by atoms with E-state index in [1.807, 2.05) is 43.3 Å². The molecule has 0 radical (unpaired) electrons. The Morgan fingerprint density at radius 3 is 2.82 bits per heavy atom. The summed E-state index contributed by atoms with van der Waals surface area (Å²) in [4.78, 5) is 51.8. The van der Waals surface area contributed by atoms with Crippen molar-refractivity contribution in [2.45, 2.75) is 50.5 Å². The summed E-state index contributed by atoms with van der Waals surface area (Å²) in [5.41, 5.74) is 5.74. The molecule has 2 atom stereocenters. The molecule has 0 saturated heterocycles. The van der Waals surface area contributed by atoms with Gasteiger partial charge in [-0.1, -0.05) is 18.2 Å². The van der Waals surface area contributed by atoms with Gasteiger partial charge in [0.15, 0.2) is 0 Å². The van der Waals surface area contributed by atoms with E-state index in [1.54, 1.807) is 24.3 Å². The van der Waals surface area contributed by atoms with Crippen LogP contribution in [-0.2, 0) is 39.0 Å². The number of amides is 3. The van der Waals surface area contributed by atoms with Gasteiger partial charge >= 0.3 is 0 Å². The first-order chi connectivity index (χ1) is 21.8. The summed E-state index contributed by atoms with van der Waals surface area (Å²) in [7, 11) is 1.77. The molecule has 230 valence electrons. The van der Waals surface area contributed by atoms with Crippen LogP contribution < -0.4 is 10.6 Å². The van der Waals surface area contributed by atoms with Gasteiger partial charge in [-0.2, -0.15) is 5.10 Å². The van der Waals surface area contributed by atoms with Crippen LogP contribution in [-0.4, -0.2) is 75.6 Å². The molecule has 2 aliphatic heterocycles. The molecule has 3 aromatic heterocycles. The van der Waals surface area contributed by atoms with Crippen LogP contribution in [0.5, 0.6) is 0 Å². The van der Waals surface area contributed by atoms with Gasteiger partial charge in [0.1, 0.15) is 11.9 Å². The molecule has 3 amide bonds. The number of aromatic amines is 1. The number of carbonyl (C=O) groups is 3. The summed E-state index contributed by atoms with van der Waals surface area (Å²) in [6.07, 6.45) is 11.6. The van der Waals surface area contributed by atoms with Crippen LogP contribution in [0.3, 0.4) is 0 Å². The van der Waals surface area contributed by atoms with Gasteiger partial charge in [-0.3, -0.25) is 24.5 Å². The molecule has 5 heterocycles. The second-order valence-corrected chi connectivity index (χ2v) is 12.3. The Kier molecular flexibility index (Phi) is 7.40. The number of pyridine rings is 2. The topological polar surface area (TPSA) is 142 Å². The predicted molar refractivity (Wildman–Crippen MR) is 169 cm³/mol. The predicted octanol–water partition coefficient (Wildman–Crippen LogP) is 3.27. The fourth-order valence-corrected chi connectivity index (χ4v) is 6.76. The van der Waals surface area contributed by atoms with Crippen molar-refractivity contribution in [3.05, 3.63) is 88.0 Å². The number of anilines is 1. The average molecular weight is 606 g/mol. The maximum Gasteiger partial charge on any atom is 0.253 e. The first-order valence-electron chi connectivity index (χ1n) is 15.3. The standard InChI is InChI=1S/C34H35N7O4/c1-20-10-22(11-24-19-37-40-29(20)24)13-27-32(43)41(2)7-3-4-8-45-9-5-6-21-12-26-30(36-17-21)39-33(44)34(26)15-23-14-25(31(42)38-27)18-35-28(23)16-34/h5-6,10-12,14,17-19,27H,3-4,7-9,13,15-16H2,1-2H3,(H,37,40)(H,38,42)(H,36,39,44). The van der Waals surface area contributed by atoms with E-state index in [0.717, 1.165) is 57.3 Å². The molecule has 0 fully saturated rings. The zero-order chi connectivity index (χ0) is 31.1. The number of carbonyl (C=O) groups excluding carboxylic acids is 3. The Labute approximate surface area is 260 Å². The van der Waals surface area contributed by atoms with Gasteiger partial charge in [0.2, 0.25) is 11.8 Å². The van der Waals surface area contributed by atoms with Crippen LogP contribution in [0.15, 0.2) is 48.9 Å². The van der Waals surface area contributed by atoms with E-state index < -0.39 is 11.5 Å². The highest BCUT2D eigenvalue weighted by Crippen LogP contribution is 2.46. The van der Waals surface area contributed by atoms with E-state index in [1.165, 1.54) is 6.20 Å². The summed E-state index contributed by atoms with van der Waals surface area (Å²) in [6.45, 7) is 3.54. The van der Waals surface area contributed by atoms with Crippen molar-refractivity contribution in [3.8, 4) is 0 Å². The number of ether oxygens (including phenoxy) is 1. The van der Waals surface area contributed by atoms with Crippen molar-refractivity contribution in [1.29, 1.82) is 0 Å². The fraction of sp³-hybridized carbons (Fsp3) is 0.353. The number of hydrogen-bond acceptors (Lipinski definition) is 7. The number of fused-ring (bicyclic) bond motifs is 3. The Morgan fingerprint density at radius 2 is 1.93 bits per heavy atom. The summed E-state index contributed by atoms with van der Waals surface area (Å²) >= 11 is 0. The minimum absolute atomic E-state index is 0.115. The van der Waals surface area contributed by atoms with E-state index in [-0.39, 0.29) is 17.7 Å². The number of benzene rings is 1. The summed E-state index contributed by atoms with van der Waals surface area (Å²) in [5, 5.41) is 14.1. The quantitative estimate of drug-likeness (QED) is 0.318. The maximum atomic E-state index is 13.8. The number of aryl methyl sites for hydroxylation is 1. The lowest BCUT2D eigenvalue weighted by Crippen LogP contribution is -2.48. The SMILES string of the molecule is Cc1cc(CC2NC(=O)c3cnc4c(c3)CC3(C4)C(=O)Nc4ncc(cc43)C=CCOCCCCN(C)C2=O)cc2cn[nH]c12. The van der Waals surface area contributed by atoms with E-state index in [9.17, 15) is 14.4 Å². The molecule has 0 saturated carbocycles. The molecular formula is C34H35N7O4. The number of nitrogens with one attached hydrogen (secondary N) is 3. The molecule has 5 bridgehead atoms. The fourth-order valence-electron chi connectivity index (χ4n) is 6.76. The molecule has 1 aromatic carbocycles. The van der Waals surface area contributed by atoms with Gasteiger partial charge in [0, 0.05) is 62.1 Å². The van der Waals surface area contributed by atoms with Crippen molar-refractivity contribution in [2.24, 2.45) is 0 Å². The van der Waals surface area contributed by atoms with E-state index in [0.29, 0.717) is 50.4 Å². The molecule has 11 heteroatoms. The Hall–Kier alpha value is -4.90. The molecule has 11 nitrogen and oxygen atoms in total. The number of likely N-dealkylation sites (N-methyl/N-ethyl adjacent to an activating group) is 1. The number of H-pyrrole nitrogens is 1. The van der Waals surface area contributed by atoms with Gasteiger partial charge in [0.25, 0.3) is 5.91 Å². The van der Waals surface area contributed by atoms with Crippen LogP contribution in [0.2, 0.25) is 0 Å². The third kappa shape index (κ3) is 5.37. The van der Waals surface area contributed by atoms with E-state index in [4.69, 9.17) is 4.74 Å². The summed E-state index contributed by atoms with van der Waals surface area (Å²) in [5.74, 6) is -0.107. The van der Waals surface area contributed by atoms with Crippen molar-refractivity contribution in [1.82, 2.24) is 30.4 Å². The molecule has 45 heavy (non-hydrogen) atoms. The van der Waals surface area contributed by atoms with Gasteiger partial charge in [-0.25, -0.2) is 4.98 Å². The lowest BCUT2D eigenvalue weighted by molar-refractivity contribution is -0.132. The highest BCUT2D eigenvalue weighted by Gasteiger charge is 2.52. The van der Waals surface area contributed by atoms with Gasteiger partial charge in [0.05, 0.1) is 29.3 Å². The molecule has 3 aliphatic rings. The third-order valence-electron chi connectivity index (χ3n) is 9.16. The minimum Gasteiger partial charge on any atom is -0.377 e. The number of nitrogens with zero attached hydrogens (tertiary/aromatic N) is 4. The maximum absolute atomic E-state index is 13.8. The van der Waals surface area contributed by atoms with Crippen molar-refractivity contribution < 1.29 is 19.1 Å². The number of aromatic nitrogens is 4. The molecule has 7 rings (SSSR count). The first-order valence-corrected chi connectivity index (χ1v) is 15.3. The van der Waals surface area contributed by atoms with E-state index in [2.05, 4.69) is 30.8 Å². The lowest BCUT2D eigenvalue weighted by Gasteiger charge is -2.25. The average Bonchev–Trinajstić information content (AvgIpc) is 3.73. The minimum atomic E-state index is -0.837.